The fraction of sp³-hybridized carbons (Fsp3) is 0.750. The summed E-state index contributed by atoms with van der Waals surface area (Å²) in [5.41, 5.74) is 0. The minimum Gasteiger partial charge on any atom is -0.469 e. The highest BCUT2D eigenvalue weighted by atomic mass is 16.5. The number of esters is 1. The third-order valence-electron chi connectivity index (χ3n) is 2.98. The zero-order valence-electron chi connectivity index (χ0n) is 11.3. The number of hydrogen-bond donors (Lipinski definition) is 1. The van der Waals surface area contributed by atoms with Crippen LogP contribution in [0.5, 0.6) is 0 Å². The molecule has 0 saturated carbocycles. The maximum absolute atomic E-state index is 12.2. The average Bonchev–Trinajstić information content (AvgIpc) is 2.84. The molecule has 0 aromatic carbocycles. The first-order valence-corrected chi connectivity index (χ1v) is 6.22. The smallest absolute Gasteiger partial charge is 0.307 e. The molecule has 19 heavy (non-hydrogen) atoms. The summed E-state index contributed by atoms with van der Waals surface area (Å²) in [6, 6.07) is -0.484. The molecule has 108 valence electrons. The number of hydrogen-bond acceptors (Lipinski definition) is 5. The predicted octanol–water partition coefficient (Wildman–Crippen LogP) is -0.697. The molecule has 0 spiro atoms. The summed E-state index contributed by atoms with van der Waals surface area (Å²) >= 11 is 0. The van der Waals surface area contributed by atoms with Crippen LogP contribution >= 0.6 is 0 Å². The molecule has 1 saturated heterocycles. The lowest BCUT2D eigenvalue weighted by Gasteiger charge is -2.24. The highest BCUT2D eigenvalue weighted by molar-refractivity contribution is 5.91. The Labute approximate surface area is 112 Å². The van der Waals surface area contributed by atoms with Crippen molar-refractivity contribution >= 4 is 17.8 Å². The van der Waals surface area contributed by atoms with Crippen molar-refractivity contribution < 1.29 is 23.9 Å². The van der Waals surface area contributed by atoms with Crippen molar-refractivity contribution in [3.05, 3.63) is 0 Å². The van der Waals surface area contributed by atoms with Crippen molar-refractivity contribution in [1.82, 2.24) is 10.2 Å². The number of carbonyl (C=O) groups is 3. The van der Waals surface area contributed by atoms with E-state index in [-0.39, 0.29) is 30.7 Å². The van der Waals surface area contributed by atoms with Crippen LogP contribution in [-0.2, 0) is 23.9 Å². The average molecular weight is 272 g/mol. The van der Waals surface area contributed by atoms with Gasteiger partial charge < -0.3 is 19.7 Å². The van der Waals surface area contributed by atoms with Gasteiger partial charge in [0.25, 0.3) is 0 Å². The molecule has 0 aromatic heterocycles. The zero-order chi connectivity index (χ0) is 14.3. The molecule has 2 amide bonds. The second-order valence-electron chi connectivity index (χ2n) is 4.30. The Morgan fingerprint density at radius 1 is 1.37 bits per heavy atom. The third kappa shape index (κ3) is 4.86. The van der Waals surface area contributed by atoms with Gasteiger partial charge in [-0.05, 0) is 6.42 Å². The van der Waals surface area contributed by atoms with Crippen LogP contribution < -0.4 is 5.32 Å². The fourth-order valence-electron chi connectivity index (χ4n) is 1.88. The molecule has 1 aliphatic heterocycles. The first kappa shape index (κ1) is 15.4. The van der Waals surface area contributed by atoms with E-state index >= 15 is 0 Å². The van der Waals surface area contributed by atoms with Crippen molar-refractivity contribution in [3.63, 3.8) is 0 Å². The first-order chi connectivity index (χ1) is 9.08. The standard InChI is InChI=1S/C12H20N2O5/c1-18-8-7-14(6-5-11(16)19-2)12(17)9-3-4-10(15)13-9/h9H,3-8H2,1-2H3,(H,13,15)/t9-/m0/s1. The second-order valence-corrected chi connectivity index (χ2v) is 4.30. The molecular formula is C12H20N2O5. The molecule has 0 radical (unpaired) electrons. The maximum Gasteiger partial charge on any atom is 0.307 e. The number of nitrogens with one attached hydrogen (secondary N) is 1. The van der Waals surface area contributed by atoms with Gasteiger partial charge in [0.05, 0.1) is 20.1 Å². The molecule has 0 aromatic rings. The molecule has 1 rings (SSSR count). The van der Waals surface area contributed by atoms with Gasteiger partial charge in [-0.25, -0.2) is 0 Å². The van der Waals surface area contributed by atoms with Crippen molar-refractivity contribution in [1.29, 1.82) is 0 Å². The normalized spacial score (nSPS) is 18.0. The zero-order valence-corrected chi connectivity index (χ0v) is 11.3. The van der Waals surface area contributed by atoms with Gasteiger partial charge in [-0.2, -0.15) is 0 Å². The number of carbonyl (C=O) groups excluding carboxylic acids is 3. The van der Waals surface area contributed by atoms with Crippen molar-refractivity contribution in [2.24, 2.45) is 0 Å². The highest BCUT2D eigenvalue weighted by Crippen LogP contribution is 2.10. The van der Waals surface area contributed by atoms with Crippen LogP contribution in [-0.4, -0.2) is 62.6 Å². The van der Waals surface area contributed by atoms with Crippen molar-refractivity contribution in [2.45, 2.75) is 25.3 Å². The fourth-order valence-corrected chi connectivity index (χ4v) is 1.88. The number of ether oxygens (including phenoxy) is 2. The molecule has 1 aliphatic rings. The highest BCUT2D eigenvalue weighted by Gasteiger charge is 2.30. The van der Waals surface area contributed by atoms with E-state index in [4.69, 9.17) is 4.74 Å². The number of amides is 2. The quantitative estimate of drug-likeness (QED) is 0.620. The summed E-state index contributed by atoms with van der Waals surface area (Å²) in [6.45, 7) is 1.04. The molecule has 1 N–H and O–H groups in total. The molecule has 0 bridgehead atoms. The van der Waals surface area contributed by atoms with Gasteiger partial charge in [0.15, 0.2) is 0 Å². The van der Waals surface area contributed by atoms with Crippen LogP contribution in [0.25, 0.3) is 0 Å². The monoisotopic (exact) mass is 272 g/mol. The van der Waals surface area contributed by atoms with Crippen LogP contribution in [0.15, 0.2) is 0 Å². The Morgan fingerprint density at radius 2 is 2.11 bits per heavy atom. The largest absolute Gasteiger partial charge is 0.469 e. The summed E-state index contributed by atoms with van der Waals surface area (Å²) in [6.07, 6.45) is 0.998. The molecule has 7 nitrogen and oxygen atoms in total. The Kier molecular flexibility index (Phi) is 6.27. The Hall–Kier alpha value is -1.63. The Balaban J connectivity index is 2.53. The van der Waals surface area contributed by atoms with Gasteiger partial charge in [0.2, 0.25) is 11.8 Å². The van der Waals surface area contributed by atoms with Crippen LogP contribution in [0.3, 0.4) is 0 Å². The minimum absolute atomic E-state index is 0.113. The maximum atomic E-state index is 12.2. The van der Waals surface area contributed by atoms with Crippen LogP contribution in [0, 0.1) is 0 Å². The van der Waals surface area contributed by atoms with Gasteiger partial charge in [0.1, 0.15) is 6.04 Å². The van der Waals surface area contributed by atoms with Gasteiger partial charge in [0, 0.05) is 26.6 Å². The Morgan fingerprint density at radius 3 is 2.63 bits per heavy atom. The van der Waals surface area contributed by atoms with E-state index in [1.54, 1.807) is 7.11 Å². The van der Waals surface area contributed by atoms with E-state index in [2.05, 4.69) is 10.1 Å². The lowest BCUT2D eigenvalue weighted by molar-refractivity contribution is -0.142. The molecule has 1 heterocycles. The van der Waals surface area contributed by atoms with E-state index in [1.807, 2.05) is 0 Å². The van der Waals surface area contributed by atoms with E-state index < -0.39 is 6.04 Å². The summed E-state index contributed by atoms with van der Waals surface area (Å²) < 4.78 is 9.49. The molecule has 0 aliphatic carbocycles. The summed E-state index contributed by atoms with van der Waals surface area (Å²) in [7, 11) is 2.85. The van der Waals surface area contributed by atoms with Gasteiger partial charge >= 0.3 is 5.97 Å². The van der Waals surface area contributed by atoms with Crippen molar-refractivity contribution in [3.8, 4) is 0 Å². The summed E-state index contributed by atoms with van der Waals surface area (Å²) in [5.74, 6) is -0.657. The number of nitrogens with zero attached hydrogens (tertiary/aromatic N) is 1. The molecule has 7 heteroatoms. The first-order valence-electron chi connectivity index (χ1n) is 6.22. The topological polar surface area (TPSA) is 84.9 Å². The van der Waals surface area contributed by atoms with Crippen molar-refractivity contribution in [2.75, 3.05) is 33.9 Å². The number of rotatable bonds is 7. The lowest BCUT2D eigenvalue weighted by Crippen LogP contribution is -2.46. The SMILES string of the molecule is COCCN(CCC(=O)OC)C(=O)[C@@H]1CCC(=O)N1. The van der Waals surface area contributed by atoms with Crippen LogP contribution in [0.2, 0.25) is 0 Å². The van der Waals surface area contributed by atoms with Crippen LogP contribution in [0.1, 0.15) is 19.3 Å². The summed E-state index contributed by atoms with van der Waals surface area (Å²) in [5, 5.41) is 2.63. The van der Waals surface area contributed by atoms with Crippen LogP contribution in [0.4, 0.5) is 0 Å². The molecule has 1 atom stereocenters. The second kappa shape index (κ2) is 7.73. The molecule has 1 fully saturated rings. The van der Waals surface area contributed by atoms with Gasteiger partial charge in [-0.15, -0.1) is 0 Å². The molecule has 0 unspecified atom stereocenters. The lowest BCUT2D eigenvalue weighted by atomic mass is 10.2. The molecular weight excluding hydrogens is 252 g/mol. The van der Waals surface area contributed by atoms with E-state index in [0.717, 1.165) is 0 Å². The number of methoxy groups -OCH3 is 2. The predicted molar refractivity (Wildman–Crippen MR) is 66.3 cm³/mol. The minimum atomic E-state index is -0.484. The van der Waals surface area contributed by atoms with E-state index in [0.29, 0.717) is 26.0 Å². The van der Waals surface area contributed by atoms with Gasteiger partial charge in [-0.3, -0.25) is 14.4 Å². The summed E-state index contributed by atoms with van der Waals surface area (Å²) in [4.78, 5) is 36.0. The third-order valence-corrected chi connectivity index (χ3v) is 2.98. The van der Waals surface area contributed by atoms with Gasteiger partial charge in [-0.1, -0.05) is 0 Å². The van der Waals surface area contributed by atoms with E-state index in [1.165, 1.54) is 12.0 Å². The van der Waals surface area contributed by atoms with E-state index in [9.17, 15) is 14.4 Å². The Bertz CT molecular complexity index is 345.